The molecule has 1 N–H and O–H groups in total. The maximum Gasteiger partial charge on any atom is 0.163 e. The Hall–Kier alpha value is -2.92. The van der Waals surface area contributed by atoms with Crippen LogP contribution in [0.25, 0.3) is 10.9 Å². The maximum absolute atomic E-state index is 9.77. The molecule has 1 aromatic heterocycles. The van der Waals surface area contributed by atoms with Gasteiger partial charge in [-0.1, -0.05) is 23.2 Å². The van der Waals surface area contributed by atoms with E-state index in [9.17, 15) is 5.26 Å². The van der Waals surface area contributed by atoms with E-state index in [1.165, 1.54) is 6.20 Å². The van der Waals surface area contributed by atoms with Crippen LogP contribution >= 0.6 is 23.2 Å². The van der Waals surface area contributed by atoms with Crippen LogP contribution in [0.5, 0.6) is 17.2 Å². The number of nitrogens with one attached hydrogen (secondary N) is 1. The van der Waals surface area contributed by atoms with E-state index in [1.807, 2.05) is 19.1 Å². The number of hydrogen-bond donors (Lipinski definition) is 1. The second-order valence-electron chi connectivity index (χ2n) is 8.56. The van der Waals surface area contributed by atoms with Crippen molar-refractivity contribution < 1.29 is 14.2 Å². The van der Waals surface area contributed by atoms with Crippen molar-refractivity contribution in [1.82, 2.24) is 9.88 Å². The fourth-order valence-electron chi connectivity index (χ4n) is 4.15. The number of anilines is 2. The Morgan fingerprint density at radius 1 is 1.09 bits per heavy atom. The number of likely N-dealkylation sites (tertiary alicyclic amines) is 1. The molecule has 0 bridgehead atoms. The number of rotatable bonds is 8. The lowest BCUT2D eigenvalue weighted by atomic mass is 9.98. The van der Waals surface area contributed by atoms with Gasteiger partial charge in [-0.3, -0.25) is 4.98 Å². The summed E-state index contributed by atoms with van der Waals surface area (Å²) >= 11 is 12.7. The summed E-state index contributed by atoms with van der Waals surface area (Å²) in [5.74, 6) is 2.21. The molecule has 1 saturated heterocycles. The molecule has 184 valence electrons. The van der Waals surface area contributed by atoms with Crippen molar-refractivity contribution in [3.8, 4) is 23.3 Å². The monoisotopic (exact) mass is 514 g/mol. The molecule has 2 aromatic carbocycles. The van der Waals surface area contributed by atoms with E-state index in [2.05, 4.69) is 28.3 Å². The van der Waals surface area contributed by atoms with Gasteiger partial charge in [-0.05, 0) is 58.0 Å². The predicted molar refractivity (Wildman–Crippen MR) is 140 cm³/mol. The molecule has 1 aliphatic rings. The number of benzene rings is 2. The van der Waals surface area contributed by atoms with Crippen LogP contribution in [0.4, 0.5) is 11.4 Å². The van der Waals surface area contributed by atoms with E-state index in [1.54, 1.807) is 19.2 Å². The van der Waals surface area contributed by atoms with Crippen molar-refractivity contribution in [3.63, 3.8) is 0 Å². The Morgan fingerprint density at radius 2 is 1.86 bits per heavy atom. The van der Waals surface area contributed by atoms with Gasteiger partial charge < -0.3 is 24.4 Å². The van der Waals surface area contributed by atoms with E-state index >= 15 is 0 Å². The van der Waals surface area contributed by atoms with Gasteiger partial charge in [-0.25, -0.2) is 0 Å². The molecule has 0 unspecified atom stereocenters. The predicted octanol–water partition coefficient (Wildman–Crippen LogP) is 6.28. The van der Waals surface area contributed by atoms with Gasteiger partial charge in [0.1, 0.15) is 11.8 Å². The lowest BCUT2D eigenvalue weighted by Gasteiger charge is -2.28. The number of hydrogen-bond acceptors (Lipinski definition) is 7. The first-order valence-electron chi connectivity index (χ1n) is 11.5. The van der Waals surface area contributed by atoms with Gasteiger partial charge in [-0.2, -0.15) is 5.26 Å². The summed E-state index contributed by atoms with van der Waals surface area (Å²) in [4.78, 5) is 6.83. The zero-order valence-electron chi connectivity index (χ0n) is 20.0. The standard InChI is InChI=1S/C26H28Cl2N4O3/c1-4-34-23-12-22(19(27)10-20(23)28)31-26-17(13-29)14-30-21-11-25(24(33-3)9-18(21)26)35-15-16-5-7-32(2)8-6-16/h9-12,14,16H,4-8,15H2,1-3H3,(H,30,31). The topological polar surface area (TPSA) is 79.6 Å². The van der Waals surface area contributed by atoms with Gasteiger partial charge in [0.05, 0.1) is 52.8 Å². The minimum atomic E-state index is 0.364. The Labute approximate surface area is 215 Å². The first kappa shape index (κ1) is 25.2. The number of piperidine rings is 1. The van der Waals surface area contributed by atoms with E-state index in [0.717, 1.165) is 25.9 Å². The summed E-state index contributed by atoms with van der Waals surface area (Å²) in [6, 6.07) is 9.22. The molecular weight excluding hydrogens is 487 g/mol. The van der Waals surface area contributed by atoms with Crippen LogP contribution in [0.2, 0.25) is 10.0 Å². The molecule has 7 nitrogen and oxygen atoms in total. The van der Waals surface area contributed by atoms with Crippen molar-refractivity contribution >= 4 is 45.5 Å². The molecule has 0 saturated carbocycles. The Balaban J connectivity index is 1.69. The first-order valence-corrected chi connectivity index (χ1v) is 12.3. The molecule has 2 heterocycles. The smallest absolute Gasteiger partial charge is 0.163 e. The minimum Gasteiger partial charge on any atom is -0.493 e. The molecule has 1 fully saturated rings. The third-order valence-corrected chi connectivity index (χ3v) is 6.78. The fraction of sp³-hybridized carbons (Fsp3) is 0.385. The summed E-state index contributed by atoms with van der Waals surface area (Å²) in [5.41, 5.74) is 2.15. The molecular formula is C26H28Cl2N4O3. The van der Waals surface area contributed by atoms with Gasteiger partial charge in [0.15, 0.2) is 11.5 Å². The minimum absolute atomic E-state index is 0.364. The quantitative estimate of drug-likeness (QED) is 0.378. The Morgan fingerprint density at radius 3 is 2.54 bits per heavy atom. The highest BCUT2D eigenvalue weighted by Gasteiger charge is 2.20. The van der Waals surface area contributed by atoms with E-state index < -0.39 is 0 Å². The first-order chi connectivity index (χ1) is 16.9. The molecule has 0 spiro atoms. The van der Waals surface area contributed by atoms with Crippen LogP contribution in [0.15, 0.2) is 30.5 Å². The number of nitriles is 1. The van der Waals surface area contributed by atoms with E-state index in [0.29, 0.717) is 74.3 Å². The van der Waals surface area contributed by atoms with Crippen LogP contribution in [0, 0.1) is 17.2 Å². The highest BCUT2D eigenvalue weighted by molar-refractivity contribution is 6.37. The van der Waals surface area contributed by atoms with Crippen molar-refractivity contribution in [3.05, 3.63) is 46.1 Å². The average Bonchev–Trinajstić information content (AvgIpc) is 2.86. The average molecular weight is 515 g/mol. The van der Waals surface area contributed by atoms with Gasteiger partial charge in [0, 0.05) is 23.7 Å². The normalized spacial score (nSPS) is 14.5. The van der Waals surface area contributed by atoms with Crippen LogP contribution < -0.4 is 19.5 Å². The highest BCUT2D eigenvalue weighted by Crippen LogP contribution is 2.40. The summed E-state index contributed by atoms with van der Waals surface area (Å²) in [5, 5.41) is 14.6. The fourth-order valence-corrected chi connectivity index (χ4v) is 4.64. The lowest BCUT2D eigenvalue weighted by Crippen LogP contribution is -2.32. The van der Waals surface area contributed by atoms with E-state index in [4.69, 9.17) is 37.4 Å². The van der Waals surface area contributed by atoms with Crippen LogP contribution in [-0.4, -0.2) is 50.3 Å². The molecule has 1 aliphatic heterocycles. The molecule has 35 heavy (non-hydrogen) atoms. The van der Waals surface area contributed by atoms with Gasteiger partial charge >= 0.3 is 0 Å². The second-order valence-corrected chi connectivity index (χ2v) is 9.37. The van der Waals surface area contributed by atoms with Crippen molar-refractivity contribution in [2.75, 3.05) is 45.8 Å². The number of halogens is 2. The molecule has 9 heteroatoms. The third kappa shape index (κ3) is 5.67. The molecule has 3 aromatic rings. The van der Waals surface area contributed by atoms with Crippen molar-refractivity contribution in [2.45, 2.75) is 19.8 Å². The van der Waals surface area contributed by atoms with Crippen molar-refractivity contribution in [1.29, 1.82) is 5.26 Å². The maximum atomic E-state index is 9.77. The number of ether oxygens (including phenoxy) is 3. The molecule has 0 radical (unpaired) electrons. The SMILES string of the molecule is CCOc1cc(Nc2c(C#N)cnc3cc(OCC4CCN(C)CC4)c(OC)cc23)c(Cl)cc1Cl. The second kappa shape index (κ2) is 11.2. The largest absolute Gasteiger partial charge is 0.493 e. The zero-order valence-corrected chi connectivity index (χ0v) is 21.5. The number of fused-ring (bicyclic) bond motifs is 1. The van der Waals surface area contributed by atoms with Crippen LogP contribution in [0.3, 0.4) is 0 Å². The molecule has 4 rings (SSSR count). The zero-order chi connectivity index (χ0) is 24.9. The number of pyridine rings is 1. The van der Waals surface area contributed by atoms with Gasteiger partial charge in [0.2, 0.25) is 0 Å². The Bertz CT molecular complexity index is 1250. The molecule has 0 amide bonds. The summed E-state index contributed by atoms with van der Waals surface area (Å²) in [7, 11) is 3.74. The Kier molecular flexibility index (Phi) is 8.07. The molecule has 0 aliphatic carbocycles. The lowest BCUT2D eigenvalue weighted by molar-refractivity contribution is 0.157. The highest BCUT2D eigenvalue weighted by atomic mass is 35.5. The summed E-state index contributed by atoms with van der Waals surface area (Å²) < 4.78 is 17.4. The van der Waals surface area contributed by atoms with Crippen LogP contribution in [0.1, 0.15) is 25.3 Å². The number of nitrogens with zero attached hydrogens (tertiary/aromatic N) is 3. The van der Waals surface area contributed by atoms with Gasteiger partial charge in [-0.15, -0.1) is 0 Å². The third-order valence-electron chi connectivity index (χ3n) is 6.17. The summed E-state index contributed by atoms with van der Waals surface area (Å²) in [6.07, 6.45) is 3.75. The number of methoxy groups -OCH3 is 1. The van der Waals surface area contributed by atoms with Crippen molar-refractivity contribution in [2.24, 2.45) is 5.92 Å². The van der Waals surface area contributed by atoms with Gasteiger partial charge in [0.25, 0.3) is 0 Å². The summed E-state index contributed by atoms with van der Waals surface area (Å²) in [6.45, 7) is 5.11. The van der Waals surface area contributed by atoms with Crippen LogP contribution in [-0.2, 0) is 0 Å². The van der Waals surface area contributed by atoms with E-state index in [-0.39, 0.29) is 0 Å². The molecule has 0 atom stereocenters. The number of aromatic nitrogens is 1.